The molecule has 158 valence electrons. The number of aromatic nitrogens is 3. The molecule has 1 saturated heterocycles. The van der Waals surface area contributed by atoms with E-state index in [0.29, 0.717) is 11.6 Å². The van der Waals surface area contributed by atoms with E-state index in [-0.39, 0.29) is 5.56 Å². The molecular formula is C24H23ClN4O2. The molecule has 0 saturated carbocycles. The average Bonchev–Trinajstić information content (AvgIpc) is 3.21. The predicted octanol–water partition coefficient (Wildman–Crippen LogP) is 4.24. The van der Waals surface area contributed by atoms with E-state index in [4.69, 9.17) is 16.3 Å². The van der Waals surface area contributed by atoms with E-state index in [2.05, 4.69) is 20.9 Å². The Balaban J connectivity index is 1.46. The molecule has 1 aliphatic heterocycles. The number of nitrogens with zero attached hydrogens (tertiary/aromatic N) is 3. The number of ether oxygens (including phenoxy) is 1. The Hall–Kier alpha value is -3.09. The molecule has 1 N–H and O–H groups in total. The zero-order chi connectivity index (χ0) is 21.4. The fraction of sp³-hybridized carbons (Fsp3) is 0.250. The van der Waals surface area contributed by atoms with Crippen LogP contribution in [-0.2, 0) is 11.3 Å². The first-order valence-corrected chi connectivity index (χ1v) is 10.7. The van der Waals surface area contributed by atoms with E-state index in [9.17, 15) is 4.79 Å². The number of fused-ring (bicyclic) bond motifs is 1. The molecule has 0 atom stereocenters. The molecule has 0 bridgehead atoms. The van der Waals surface area contributed by atoms with E-state index < -0.39 is 0 Å². The third-order valence-corrected chi connectivity index (χ3v) is 6.20. The molecule has 0 spiro atoms. The Kier molecular flexibility index (Phi) is 5.26. The van der Waals surface area contributed by atoms with Crippen LogP contribution in [0.4, 0.5) is 5.69 Å². The lowest BCUT2D eigenvalue weighted by molar-refractivity contribution is 0.122. The summed E-state index contributed by atoms with van der Waals surface area (Å²) < 4.78 is 7.14. The molecule has 3 aromatic heterocycles. The Bertz CT molecular complexity index is 1300. The van der Waals surface area contributed by atoms with Gasteiger partial charge in [0.2, 0.25) is 0 Å². The van der Waals surface area contributed by atoms with Crippen LogP contribution in [0.5, 0.6) is 0 Å². The monoisotopic (exact) mass is 434 g/mol. The number of nitrogens with one attached hydrogen (secondary N) is 1. The second kappa shape index (κ2) is 8.21. The van der Waals surface area contributed by atoms with Crippen molar-refractivity contribution in [2.45, 2.75) is 13.5 Å². The average molecular weight is 435 g/mol. The third kappa shape index (κ3) is 3.96. The van der Waals surface area contributed by atoms with Crippen molar-refractivity contribution in [2.75, 3.05) is 31.2 Å². The normalized spacial score (nSPS) is 14.3. The van der Waals surface area contributed by atoms with Gasteiger partial charge in [-0.2, -0.15) is 0 Å². The van der Waals surface area contributed by atoms with Gasteiger partial charge in [-0.3, -0.25) is 4.79 Å². The first-order valence-electron chi connectivity index (χ1n) is 10.3. The maximum atomic E-state index is 12.8. The summed E-state index contributed by atoms with van der Waals surface area (Å²) in [5, 5.41) is 1.72. The van der Waals surface area contributed by atoms with Gasteiger partial charge in [-0.25, -0.2) is 4.98 Å². The number of rotatable bonds is 4. The molecule has 0 unspecified atom stereocenters. The minimum Gasteiger partial charge on any atom is -0.378 e. The highest BCUT2D eigenvalue weighted by molar-refractivity contribution is 6.31. The highest BCUT2D eigenvalue weighted by Crippen LogP contribution is 2.30. The standard InChI is InChI=1S/C24H23ClN4O2/c1-16-2-3-17(10-22(16)25)15-29-5-4-18(11-23(29)30)21-14-27-24-20(21)12-19(13-26-24)28-6-8-31-9-7-28/h2-5,10-14H,6-9,15H2,1H3,(H,26,27). The number of H-pyrrole nitrogens is 1. The molecular weight excluding hydrogens is 412 g/mol. The van der Waals surface area contributed by atoms with E-state index in [1.165, 1.54) is 0 Å². The lowest BCUT2D eigenvalue weighted by Gasteiger charge is -2.28. The van der Waals surface area contributed by atoms with Gasteiger partial charge in [-0.15, -0.1) is 0 Å². The molecule has 5 rings (SSSR count). The second-order valence-electron chi connectivity index (χ2n) is 7.86. The molecule has 4 heterocycles. The molecule has 1 aliphatic rings. The predicted molar refractivity (Wildman–Crippen MR) is 124 cm³/mol. The first-order chi connectivity index (χ1) is 15.1. The van der Waals surface area contributed by atoms with Crippen molar-refractivity contribution >= 4 is 28.3 Å². The Morgan fingerprint density at radius 2 is 2.00 bits per heavy atom. The fourth-order valence-corrected chi connectivity index (χ4v) is 4.17. The summed E-state index contributed by atoms with van der Waals surface area (Å²) >= 11 is 6.23. The van der Waals surface area contributed by atoms with Crippen LogP contribution < -0.4 is 10.5 Å². The van der Waals surface area contributed by atoms with Gasteiger partial charge < -0.3 is 19.2 Å². The Morgan fingerprint density at radius 3 is 2.77 bits per heavy atom. The number of hydrogen-bond donors (Lipinski definition) is 1. The van der Waals surface area contributed by atoms with Gasteiger partial charge in [0.05, 0.1) is 31.6 Å². The van der Waals surface area contributed by atoms with Crippen LogP contribution in [0.1, 0.15) is 11.1 Å². The number of benzene rings is 1. The Labute approximate surface area is 185 Å². The largest absolute Gasteiger partial charge is 0.378 e. The van der Waals surface area contributed by atoms with Crippen molar-refractivity contribution in [1.82, 2.24) is 14.5 Å². The number of pyridine rings is 2. The van der Waals surface area contributed by atoms with Gasteiger partial charge in [0, 0.05) is 47.5 Å². The summed E-state index contributed by atoms with van der Waals surface area (Å²) in [7, 11) is 0. The van der Waals surface area contributed by atoms with Gasteiger partial charge in [-0.05, 0) is 41.8 Å². The van der Waals surface area contributed by atoms with Crippen LogP contribution in [0.3, 0.4) is 0 Å². The molecule has 1 aromatic carbocycles. The minimum absolute atomic E-state index is 0.0548. The summed E-state index contributed by atoms with van der Waals surface area (Å²) in [6.45, 7) is 5.60. The van der Waals surface area contributed by atoms with Gasteiger partial charge in [-0.1, -0.05) is 23.7 Å². The van der Waals surface area contributed by atoms with E-state index in [0.717, 1.165) is 65.3 Å². The number of anilines is 1. The number of hydrogen-bond acceptors (Lipinski definition) is 4. The zero-order valence-corrected chi connectivity index (χ0v) is 18.0. The lowest BCUT2D eigenvalue weighted by atomic mass is 10.1. The highest BCUT2D eigenvalue weighted by Gasteiger charge is 2.15. The summed E-state index contributed by atoms with van der Waals surface area (Å²) in [5.41, 5.74) is 5.69. The summed E-state index contributed by atoms with van der Waals surface area (Å²) in [4.78, 5) is 22.9. The van der Waals surface area contributed by atoms with Gasteiger partial charge in [0.25, 0.3) is 5.56 Å². The van der Waals surface area contributed by atoms with Crippen molar-refractivity contribution < 1.29 is 4.74 Å². The number of aryl methyl sites for hydroxylation is 1. The molecule has 4 aromatic rings. The van der Waals surface area contributed by atoms with Crippen molar-refractivity contribution in [2.24, 2.45) is 0 Å². The molecule has 0 aliphatic carbocycles. The van der Waals surface area contributed by atoms with Crippen LogP contribution in [0.2, 0.25) is 5.02 Å². The highest BCUT2D eigenvalue weighted by atomic mass is 35.5. The van der Waals surface area contributed by atoms with Crippen LogP contribution in [0, 0.1) is 6.92 Å². The first kappa shape index (κ1) is 19.8. The van der Waals surface area contributed by atoms with Crippen molar-refractivity contribution in [1.29, 1.82) is 0 Å². The lowest BCUT2D eigenvalue weighted by Crippen LogP contribution is -2.36. The molecule has 6 nitrogen and oxygen atoms in total. The fourth-order valence-electron chi connectivity index (χ4n) is 3.96. The third-order valence-electron chi connectivity index (χ3n) is 5.79. The van der Waals surface area contributed by atoms with E-state index in [1.54, 1.807) is 10.6 Å². The SMILES string of the molecule is Cc1ccc(Cn2ccc(-c3c[nH]c4ncc(N5CCOCC5)cc34)cc2=O)cc1Cl. The maximum Gasteiger partial charge on any atom is 0.251 e. The second-order valence-corrected chi connectivity index (χ2v) is 8.26. The molecule has 31 heavy (non-hydrogen) atoms. The number of morpholine rings is 1. The van der Waals surface area contributed by atoms with Crippen molar-refractivity contribution in [3.63, 3.8) is 0 Å². The van der Waals surface area contributed by atoms with Gasteiger partial charge >= 0.3 is 0 Å². The maximum absolute atomic E-state index is 12.8. The van der Waals surface area contributed by atoms with Crippen LogP contribution >= 0.6 is 11.6 Å². The Morgan fingerprint density at radius 1 is 1.16 bits per heavy atom. The van der Waals surface area contributed by atoms with Crippen LogP contribution in [0.25, 0.3) is 22.2 Å². The van der Waals surface area contributed by atoms with Crippen LogP contribution in [-0.4, -0.2) is 40.8 Å². The minimum atomic E-state index is -0.0548. The summed E-state index contributed by atoms with van der Waals surface area (Å²) in [6, 6.07) is 11.7. The quantitative estimate of drug-likeness (QED) is 0.522. The molecule has 0 amide bonds. The smallest absolute Gasteiger partial charge is 0.251 e. The van der Waals surface area contributed by atoms with Crippen molar-refractivity contribution in [3.05, 3.63) is 81.5 Å². The topological polar surface area (TPSA) is 63.1 Å². The molecule has 0 radical (unpaired) electrons. The number of aromatic amines is 1. The van der Waals surface area contributed by atoms with Crippen molar-refractivity contribution in [3.8, 4) is 11.1 Å². The van der Waals surface area contributed by atoms with E-state index in [1.807, 2.05) is 49.8 Å². The van der Waals surface area contributed by atoms with Gasteiger partial charge in [0.1, 0.15) is 5.65 Å². The van der Waals surface area contributed by atoms with E-state index >= 15 is 0 Å². The summed E-state index contributed by atoms with van der Waals surface area (Å²) in [6.07, 6.45) is 5.64. The van der Waals surface area contributed by atoms with Gasteiger partial charge in [0.15, 0.2) is 0 Å². The molecule has 1 fully saturated rings. The molecule has 7 heteroatoms. The van der Waals surface area contributed by atoms with Crippen LogP contribution in [0.15, 0.2) is 59.8 Å². The summed E-state index contributed by atoms with van der Waals surface area (Å²) in [5.74, 6) is 0. The zero-order valence-electron chi connectivity index (χ0n) is 17.3. The number of halogens is 1.